The zero-order valence-corrected chi connectivity index (χ0v) is 17.8. The molecule has 6 nitrogen and oxygen atoms in total. The van der Waals surface area contributed by atoms with Crippen molar-refractivity contribution < 1.29 is 5.11 Å². The van der Waals surface area contributed by atoms with Crippen LogP contribution < -0.4 is 11.2 Å². The number of aliphatic hydroxyl groups excluding tert-OH is 1. The first-order chi connectivity index (χ1) is 14.3. The fourth-order valence-electron chi connectivity index (χ4n) is 8.26. The van der Waals surface area contributed by atoms with E-state index in [0.717, 1.165) is 31.4 Å². The zero-order chi connectivity index (χ0) is 20.8. The molecule has 160 valence electrons. The van der Waals surface area contributed by atoms with E-state index in [0.29, 0.717) is 34.7 Å². The van der Waals surface area contributed by atoms with E-state index >= 15 is 0 Å². The van der Waals surface area contributed by atoms with Crippen LogP contribution in [0, 0.1) is 34.5 Å². The highest BCUT2D eigenvalue weighted by atomic mass is 16.3. The van der Waals surface area contributed by atoms with E-state index < -0.39 is 5.69 Å². The highest BCUT2D eigenvalue weighted by Gasteiger charge is 2.60. The maximum absolute atomic E-state index is 12.3. The van der Waals surface area contributed by atoms with Crippen molar-refractivity contribution in [2.75, 3.05) is 0 Å². The minimum atomic E-state index is -0.495. The molecule has 4 aliphatic rings. The number of aromatic amines is 2. The van der Waals surface area contributed by atoms with Gasteiger partial charge in [0.15, 0.2) is 0 Å². The van der Waals surface area contributed by atoms with Gasteiger partial charge in [0, 0.05) is 5.69 Å². The molecule has 3 N–H and O–H groups in total. The number of H-pyrrole nitrogens is 2. The second-order valence-corrected chi connectivity index (χ2v) is 11.1. The number of rotatable bonds is 0. The average molecular weight is 410 g/mol. The van der Waals surface area contributed by atoms with E-state index in [2.05, 4.69) is 23.8 Å². The fraction of sp³-hybridized carbons (Fsp3) is 0.708. The highest BCUT2D eigenvalue weighted by Crippen LogP contribution is 2.65. The fourth-order valence-corrected chi connectivity index (χ4v) is 8.26. The van der Waals surface area contributed by atoms with Gasteiger partial charge in [0.05, 0.1) is 11.5 Å². The molecule has 3 fully saturated rings. The van der Waals surface area contributed by atoms with Gasteiger partial charge in [-0.25, -0.2) is 9.78 Å². The van der Waals surface area contributed by atoms with Crippen LogP contribution in [0.15, 0.2) is 15.7 Å². The van der Waals surface area contributed by atoms with Gasteiger partial charge >= 0.3 is 5.69 Å². The second-order valence-electron chi connectivity index (χ2n) is 11.1. The molecule has 0 bridgehead atoms. The Morgan fingerprint density at radius 3 is 2.67 bits per heavy atom. The molecule has 6 heteroatoms. The van der Waals surface area contributed by atoms with Crippen LogP contribution in [0.2, 0.25) is 0 Å². The van der Waals surface area contributed by atoms with Gasteiger partial charge in [-0.3, -0.25) is 14.8 Å². The maximum atomic E-state index is 12.3. The van der Waals surface area contributed by atoms with Gasteiger partial charge in [-0.05, 0) is 97.5 Å². The zero-order valence-electron chi connectivity index (χ0n) is 17.8. The van der Waals surface area contributed by atoms with Crippen molar-refractivity contribution in [3.8, 4) is 0 Å². The van der Waals surface area contributed by atoms with Crippen LogP contribution in [0.4, 0.5) is 0 Å². The Labute approximate surface area is 175 Å². The van der Waals surface area contributed by atoms with E-state index in [4.69, 9.17) is 4.98 Å². The largest absolute Gasteiger partial charge is 0.393 e. The smallest absolute Gasteiger partial charge is 0.327 e. The summed E-state index contributed by atoms with van der Waals surface area (Å²) in [6.45, 7) is 4.81. The molecule has 3 saturated carbocycles. The topological polar surface area (TPSA) is 98.8 Å². The monoisotopic (exact) mass is 409 g/mol. The third-order valence-electron chi connectivity index (χ3n) is 9.92. The van der Waals surface area contributed by atoms with E-state index in [1.54, 1.807) is 0 Å². The first kappa shape index (κ1) is 18.8. The molecule has 0 aliphatic heterocycles. The normalized spacial score (nSPS) is 42.3. The summed E-state index contributed by atoms with van der Waals surface area (Å²) in [5, 5.41) is 11.2. The molecule has 0 unspecified atom stereocenters. The summed E-state index contributed by atoms with van der Waals surface area (Å²) in [5.41, 5.74) is 2.12. The summed E-state index contributed by atoms with van der Waals surface area (Å²) in [7, 11) is 0. The summed E-state index contributed by atoms with van der Waals surface area (Å²) in [5.74, 6) is 2.63. The number of nitrogens with zero attached hydrogens (tertiary/aromatic N) is 1. The van der Waals surface area contributed by atoms with E-state index in [1.807, 2.05) is 6.07 Å². The SMILES string of the molecule is C[C@]12Cc3cc4c(=O)[nH]c(=O)[nH]c4nc3C[C@@H]1CC[C@@H]1[C@@H]2CC[C@]2(C)[C@@H](O)CC[C@@H]12. The van der Waals surface area contributed by atoms with Crippen LogP contribution in [0.25, 0.3) is 11.0 Å². The van der Waals surface area contributed by atoms with Crippen LogP contribution in [-0.2, 0) is 12.8 Å². The Balaban J connectivity index is 1.41. The quantitative estimate of drug-likeness (QED) is 0.623. The molecular weight excluding hydrogens is 378 g/mol. The minimum Gasteiger partial charge on any atom is -0.393 e. The molecule has 2 heterocycles. The summed E-state index contributed by atoms with van der Waals surface area (Å²) in [6.07, 6.45) is 8.70. The highest BCUT2D eigenvalue weighted by molar-refractivity contribution is 5.74. The first-order valence-corrected chi connectivity index (χ1v) is 11.6. The van der Waals surface area contributed by atoms with Crippen LogP contribution in [0.3, 0.4) is 0 Å². The summed E-state index contributed by atoms with van der Waals surface area (Å²) in [6, 6.07) is 1.98. The van der Waals surface area contributed by atoms with E-state index in [9.17, 15) is 14.7 Å². The molecule has 30 heavy (non-hydrogen) atoms. The Kier molecular flexibility index (Phi) is 3.79. The number of hydrogen-bond acceptors (Lipinski definition) is 4. The predicted octanol–water partition coefficient (Wildman–Crippen LogP) is 2.93. The molecule has 2 aromatic rings. The lowest BCUT2D eigenvalue weighted by Gasteiger charge is -2.60. The van der Waals surface area contributed by atoms with Crippen molar-refractivity contribution in [3.05, 3.63) is 38.2 Å². The van der Waals surface area contributed by atoms with Crippen LogP contribution in [-0.4, -0.2) is 26.2 Å². The number of aliphatic hydroxyl groups is 1. The van der Waals surface area contributed by atoms with Gasteiger partial charge in [-0.15, -0.1) is 0 Å². The van der Waals surface area contributed by atoms with E-state index in [1.165, 1.54) is 31.2 Å². The minimum absolute atomic E-state index is 0.105. The number of nitrogens with one attached hydrogen (secondary N) is 2. The molecule has 6 rings (SSSR count). The Bertz CT molecular complexity index is 1150. The molecule has 0 spiro atoms. The number of fused-ring (bicyclic) bond motifs is 7. The summed E-state index contributed by atoms with van der Waals surface area (Å²) >= 11 is 0. The van der Waals surface area contributed by atoms with Crippen molar-refractivity contribution in [1.29, 1.82) is 0 Å². The molecule has 0 amide bonds. The Hall–Kier alpha value is -1.95. The summed E-state index contributed by atoms with van der Waals surface area (Å²) < 4.78 is 0. The number of hydrogen-bond donors (Lipinski definition) is 3. The van der Waals surface area contributed by atoms with Gasteiger partial charge in [-0.1, -0.05) is 13.8 Å². The van der Waals surface area contributed by atoms with Crippen molar-refractivity contribution in [2.45, 2.75) is 71.3 Å². The molecule has 0 aromatic carbocycles. The van der Waals surface area contributed by atoms with Crippen molar-refractivity contribution >= 4 is 11.0 Å². The summed E-state index contributed by atoms with van der Waals surface area (Å²) in [4.78, 5) is 33.8. The lowest BCUT2D eigenvalue weighted by molar-refractivity contribution is -0.111. The molecular formula is C24H31N3O3. The van der Waals surface area contributed by atoms with Crippen LogP contribution in [0.1, 0.15) is 63.6 Å². The molecule has 7 atom stereocenters. The third kappa shape index (κ3) is 2.37. The van der Waals surface area contributed by atoms with Gasteiger partial charge in [0.25, 0.3) is 5.56 Å². The van der Waals surface area contributed by atoms with Gasteiger partial charge < -0.3 is 5.11 Å². The lowest BCUT2D eigenvalue weighted by atomic mass is 9.45. The van der Waals surface area contributed by atoms with Gasteiger partial charge in [0.2, 0.25) is 0 Å². The van der Waals surface area contributed by atoms with Gasteiger partial charge in [-0.2, -0.15) is 0 Å². The average Bonchev–Trinajstić information content (AvgIpc) is 3.00. The van der Waals surface area contributed by atoms with Crippen LogP contribution >= 0.6 is 0 Å². The van der Waals surface area contributed by atoms with E-state index in [-0.39, 0.29) is 22.5 Å². The Morgan fingerprint density at radius 1 is 1.03 bits per heavy atom. The van der Waals surface area contributed by atoms with Crippen LogP contribution in [0.5, 0.6) is 0 Å². The lowest BCUT2D eigenvalue weighted by Crippen LogP contribution is -2.54. The number of pyridine rings is 1. The van der Waals surface area contributed by atoms with Crippen molar-refractivity contribution in [2.24, 2.45) is 34.5 Å². The molecule has 0 radical (unpaired) electrons. The van der Waals surface area contributed by atoms with Crippen molar-refractivity contribution in [3.63, 3.8) is 0 Å². The predicted molar refractivity (Wildman–Crippen MR) is 114 cm³/mol. The molecule has 2 aromatic heterocycles. The Morgan fingerprint density at radius 2 is 1.83 bits per heavy atom. The van der Waals surface area contributed by atoms with Gasteiger partial charge in [0.1, 0.15) is 5.65 Å². The molecule has 4 aliphatic carbocycles. The second kappa shape index (κ2) is 6.06. The molecule has 0 saturated heterocycles. The first-order valence-electron chi connectivity index (χ1n) is 11.6. The number of aromatic nitrogens is 3. The van der Waals surface area contributed by atoms with Crippen molar-refractivity contribution in [1.82, 2.24) is 15.0 Å². The maximum Gasteiger partial charge on any atom is 0.327 e. The standard InChI is InChI=1S/C24H31N3O3/c1-23-8-7-17-14(16(23)5-6-19(23)28)4-3-13-10-18-12(11-24(13,17)2)9-15-20(25-18)26-22(30)27-21(15)29/h9,13-14,16-17,19,28H,3-8,10-11H2,1-2H3,(H2,25,26,27,29,30)/t13-,14-,16-,17-,19-,23-,24-/m0/s1. The third-order valence-corrected chi connectivity index (χ3v) is 9.92.